The monoisotopic (exact) mass is 399 g/mol. The van der Waals surface area contributed by atoms with Crippen molar-refractivity contribution in [2.75, 3.05) is 31.6 Å². The summed E-state index contributed by atoms with van der Waals surface area (Å²) < 4.78 is 4.97. The van der Waals surface area contributed by atoms with Gasteiger partial charge in [-0.1, -0.05) is 49.2 Å². The first-order valence-electron chi connectivity index (χ1n) is 9.86. The second-order valence-corrected chi connectivity index (χ2v) is 9.13. The molecule has 1 aliphatic carbocycles. The Labute approximate surface area is 169 Å². The SMILES string of the molecule is N#CC1=C(N2CCOCC2)C(O)(C(=O)Nc2ccccc2)SC12CCCCC2. The van der Waals surface area contributed by atoms with E-state index in [1.54, 1.807) is 12.1 Å². The number of hydrogen-bond donors (Lipinski definition) is 2. The summed E-state index contributed by atoms with van der Waals surface area (Å²) in [6.45, 7) is 2.18. The molecule has 0 aromatic heterocycles. The van der Waals surface area contributed by atoms with Crippen LogP contribution in [0.3, 0.4) is 0 Å². The second-order valence-electron chi connectivity index (χ2n) is 7.56. The standard InChI is InChI=1S/C21H25N3O3S/c22-15-17-18(24-11-13-27-14-12-24)21(26,28-20(17)9-5-2-6-10-20)19(25)23-16-7-3-1-4-8-16/h1,3-4,7-8,26H,2,5-6,9-14H2,(H,23,25). The first-order chi connectivity index (χ1) is 13.6. The van der Waals surface area contributed by atoms with Crippen LogP contribution < -0.4 is 5.32 Å². The van der Waals surface area contributed by atoms with Crippen LogP contribution in [-0.2, 0) is 9.53 Å². The molecule has 1 aromatic rings. The minimum absolute atomic E-state index is 0.471. The number of rotatable bonds is 3. The van der Waals surface area contributed by atoms with Crippen LogP contribution >= 0.6 is 11.8 Å². The van der Waals surface area contributed by atoms with E-state index in [1.165, 1.54) is 11.8 Å². The van der Waals surface area contributed by atoms with E-state index in [9.17, 15) is 15.2 Å². The van der Waals surface area contributed by atoms with Gasteiger partial charge in [0.2, 0.25) is 4.93 Å². The summed E-state index contributed by atoms with van der Waals surface area (Å²) >= 11 is 1.26. The number of benzene rings is 1. The molecule has 1 spiro atoms. The maximum atomic E-state index is 13.3. The Hall–Kier alpha value is -2.01. The summed E-state index contributed by atoms with van der Waals surface area (Å²) in [6.07, 6.45) is 4.77. The van der Waals surface area contributed by atoms with Crippen molar-refractivity contribution < 1.29 is 14.6 Å². The maximum Gasteiger partial charge on any atom is 0.273 e. The van der Waals surface area contributed by atoms with Crippen LogP contribution in [0.15, 0.2) is 41.6 Å². The fraction of sp³-hybridized carbons (Fsp3) is 0.524. The number of nitriles is 1. The summed E-state index contributed by atoms with van der Waals surface area (Å²) in [5.74, 6) is -0.486. The van der Waals surface area contributed by atoms with Crippen LogP contribution in [-0.4, -0.2) is 51.9 Å². The van der Waals surface area contributed by atoms with Crippen molar-refractivity contribution in [3.8, 4) is 6.07 Å². The van der Waals surface area contributed by atoms with Crippen LogP contribution in [0.4, 0.5) is 5.69 Å². The van der Waals surface area contributed by atoms with Gasteiger partial charge in [0.05, 0.1) is 35.3 Å². The topological polar surface area (TPSA) is 85.6 Å². The number of para-hydroxylation sites is 1. The molecular formula is C21H25N3O3S. The normalized spacial score (nSPS) is 26.9. The Morgan fingerprint density at radius 1 is 1.18 bits per heavy atom. The van der Waals surface area contributed by atoms with Gasteiger partial charge in [0.15, 0.2) is 0 Å². The van der Waals surface area contributed by atoms with Crippen LogP contribution in [0.1, 0.15) is 32.1 Å². The molecule has 1 saturated carbocycles. The third-order valence-corrected chi connectivity index (χ3v) is 7.47. The first-order valence-corrected chi connectivity index (χ1v) is 10.7. The van der Waals surface area contributed by atoms with Crippen molar-refractivity contribution in [2.45, 2.75) is 41.8 Å². The summed E-state index contributed by atoms with van der Waals surface area (Å²) in [5.41, 5.74) is 1.68. The van der Waals surface area contributed by atoms with Gasteiger partial charge in [-0.25, -0.2) is 0 Å². The lowest BCUT2D eigenvalue weighted by molar-refractivity contribution is -0.125. The van der Waals surface area contributed by atoms with Crippen molar-refractivity contribution in [1.29, 1.82) is 5.26 Å². The Bertz CT molecular complexity index is 808. The molecule has 7 heteroatoms. The zero-order valence-electron chi connectivity index (χ0n) is 15.8. The fourth-order valence-corrected chi connectivity index (χ4v) is 6.22. The molecule has 2 aliphatic heterocycles. The first kappa shape index (κ1) is 19.3. The summed E-state index contributed by atoms with van der Waals surface area (Å²) in [6, 6.07) is 11.5. The smallest absolute Gasteiger partial charge is 0.273 e. The highest BCUT2D eigenvalue weighted by atomic mass is 32.2. The van der Waals surface area contributed by atoms with Gasteiger partial charge in [-0.15, -0.1) is 0 Å². The third kappa shape index (κ3) is 3.30. The maximum absolute atomic E-state index is 13.3. The van der Waals surface area contributed by atoms with Gasteiger partial charge in [-0.05, 0) is 25.0 Å². The van der Waals surface area contributed by atoms with Crippen molar-refractivity contribution in [3.05, 3.63) is 41.6 Å². The number of aliphatic hydroxyl groups is 1. The molecule has 0 radical (unpaired) electrons. The molecule has 2 fully saturated rings. The van der Waals surface area contributed by atoms with E-state index in [0.717, 1.165) is 32.1 Å². The minimum Gasteiger partial charge on any atom is -0.378 e. The number of carbonyl (C=O) groups excluding carboxylic acids is 1. The summed E-state index contributed by atoms with van der Waals surface area (Å²) in [7, 11) is 0. The van der Waals surface area contributed by atoms with E-state index in [-0.39, 0.29) is 0 Å². The number of morpholine rings is 1. The lowest BCUT2D eigenvalue weighted by Gasteiger charge is -2.36. The highest BCUT2D eigenvalue weighted by Crippen LogP contribution is 2.59. The number of thioether (sulfide) groups is 1. The molecule has 1 amide bonds. The quantitative estimate of drug-likeness (QED) is 0.813. The molecular weight excluding hydrogens is 374 g/mol. The van der Waals surface area contributed by atoms with E-state index < -0.39 is 15.6 Å². The molecule has 148 valence electrons. The van der Waals surface area contributed by atoms with Gasteiger partial charge in [-0.2, -0.15) is 5.26 Å². The number of amides is 1. The molecule has 2 heterocycles. The Morgan fingerprint density at radius 3 is 2.50 bits per heavy atom. The molecule has 1 saturated heterocycles. The number of ether oxygens (including phenoxy) is 1. The molecule has 2 N–H and O–H groups in total. The van der Waals surface area contributed by atoms with Crippen LogP contribution in [0.2, 0.25) is 0 Å². The van der Waals surface area contributed by atoms with Crippen molar-refractivity contribution in [2.24, 2.45) is 0 Å². The highest BCUT2D eigenvalue weighted by molar-refractivity contribution is 8.03. The average molecular weight is 400 g/mol. The predicted molar refractivity (Wildman–Crippen MR) is 108 cm³/mol. The third-order valence-electron chi connectivity index (χ3n) is 5.80. The van der Waals surface area contributed by atoms with Crippen molar-refractivity contribution >= 4 is 23.4 Å². The van der Waals surface area contributed by atoms with Crippen molar-refractivity contribution in [3.63, 3.8) is 0 Å². The van der Waals surface area contributed by atoms with E-state index in [4.69, 9.17) is 4.74 Å². The number of hydrogen-bond acceptors (Lipinski definition) is 6. The van der Waals surface area contributed by atoms with Crippen LogP contribution in [0.25, 0.3) is 0 Å². The Kier molecular flexibility index (Phi) is 5.37. The molecule has 4 rings (SSSR count). The molecule has 6 nitrogen and oxygen atoms in total. The van der Waals surface area contributed by atoms with Crippen LogP contribution in [0.5, 0.6) is 0 Å². The molecule has 3 aliphatic rings. The summed E-state index contributed by atoms with van der Waals surface area (Å²) in [4.78, 5) is 13.5. The fourth-order valence-electron chi connectivity index (χ4n) is 4.45. The largest absolute Gasteiger partial charge is 0.378 e. The molecule has 1 atom stereocenters. The zero-order chi connectivity index (χ0) is 19.6. The minimum atomic E-state index is -1.78. The van der Waals surface area contributed by atoms with Gasteiger partial charge in [0.25, 0.3) is 5.91 Å². The second kappa shape index (κ2) is 7.78. The van der Waals surface area contributed by atoms with Gasteiger partial charge in [-0.3, -0.25) is 4.79 Å². The lowest BCUT2D eigenvalue weighted by atomic mass is 9.82. The van der Waals surface area contributed by atoms with Gasteiger partial charge in [0.1, 0.15) is 0 Å². The van der Waals surface area contributed by atoms with E-state index in [2.05, 4.69) is 11.4 Å². The van der Waals surface area contributed by atoms with Crippen molar-refractivity contribution in [1.82, 2.24) is 4.90 Å². The van der Waals surface area contributed by atoms with Crippen LogP contribution in [0, 0.1) is 11.3 Å². The number of nitrogens with zero attached hydrogens (tertiary/aromatic N) is 2. The van der Waals surface area contributed by atoms with Gasteiger partial charge < -0.3 is 20.1 Å². The number of nitrogens with one attached hydrogen (secondary N) is 1. The average Bonchev–Trinajstić information content (AvgIpc) is 2.98. The summed E-state index contributed by atoms with van der Waals surface area (Å²) in [5, 5.41) is 24.6. The predicted octanol–water partition coefficient (Wildman–Crippen LogP) is 2.87. The lowest BCUT2D eigenvalue weighted by Crippen LogP contribution is -2.49. The van der Waals surface area contributed by atoms with E-state index in [1.807, 2.05) is 23.1 Å². The molecule has 28 heavy (non-hydrogen) atoms. The molecule has 1 unspecified atom stereocenters. The van der Waals surface area contributed by atoms with Gasteiger partial charge in [0, 0.05) is 18.8 Å². The molecule has 0 bridgehead atoms. The Morgan fingerprint density at radius 2 is 1.86 bits per heavy atom. The van der Waals surface area contributed by atoms with Gasteiger partial charge >= 0.3 is 0 Å². The Balaban J connectivity index is 1.74. The van der Waals surface area contributed by atoms with E-state index in [0.29, 0.717) is 43.3 Å². The number of carbonyl (C=O) groups is 1. The molecule has 1 aromatic carbocycles. The van der Waals surface area contributed by atoms with E-state index >= 15 is 0 Å². The highest BCUT2D eigenvalue weighted by Gasteiger charge is 2.60. The number of anilines is 1. The zero-order valence-corrected chi connectivity index (χ0v) is 16.6.